The Morgan fingerprint density at radius 1 is 1.06 bits per heavy atom. The number of carbonyl (C=O) groups is 2. The van der Waals surface area contributed by atoms with Crippen LogP contribution in [0.1, 0.15) is 36.4 Å². The molecule has 0 saturated carbocycles. The highest BCUT2D eigenvalue weighted by atomic mass is 35.5. The molecule has 31 heavy (non-hydrogen) atoms. The Bertz CT molecular complexity index is 864. The summed E-state index contributed by atoms with van der Waals surface area (Å²) in [4.78, 5) is 29.3. The van der Waals surface area contributed by atoms with Gasteiger partial charge in [0.1, 0.15) is 0 Å². The molecule has 6 heteroatoms. The molecule has 1 saturated heterocycles. The van der Waals surface area contributed by atoms with E-state index >= 15 is 0 Å². The molecular formula is C25H32ClN3O2. The average molecular weight is 442 g/mol. The number of amides is 2. The van der Waals surface area contributed by atoms with Crippen molar-refractivity contribution in [2.24, 2.45) is 5.92 Å². The summed E-state index contributed by atoms with van der Waals surface area (Å²) in [6, 6.07) is 17.8. The Kier molecular flexibility index (Phi) is 8.50. The van der Waals surface area contributed by atoms with Crippen LogP contribution in [0, 0.1) is 5.92 Å². The number of aryl methyl sites for hydroxylation is 1. The number of rotatable bonds is 8. The molecule has 1 heterocycles. The van der Waals surface area contributed by atoms with Gasteiger partial charge in [0.15, 0.2) is 0 Å². The molecular weight excluding hydrogens is 410 g/mol. The predicted octanol–water partition coefficient (Wildman–Crippen LogP) is 3.93. The van der Waals surface area contributed by atoms with Crippen molar-refractivity contribution in [2.75, 3.05) is 33.7 Å². The number of hydrogen-bond acceptors (Lipinski definition) is 3. The molecule has 2 aromatic carbocycles. The highest BCUT2D eigenvalue weighted by Crippen LogP contribution is 2.26. The quantitative estimate of drug-likeness (QED) is 0.675. The first-order chi connectivity index (χ1) is 15.0. The second kappa shape index (κ2) is 11.3. The molecule has 1 fully saturated rings. The van der Waals surface area contributed by atoms with E-state index in [0.717, 1.165) is 12.0 Å². The standard InChI is InChI=1S/C25H32ClN3O2/c1-28(2)23(21-10-6-7-11-22(21)26)18-27-25(31)20-14-16-29(17-15-20)24(30)13-12-19-8-4-3-5-9-19/h3-11,20,23H,12-18H2,1-2H3,(H,27,31). The number of nitrogens with zero attached hydrogens (tertiary/aromatic N) is 2. The first-order valence-electron chi connectivity index (χ1n) is 11.0. The van der Waals surface area contributed by atoms with Crippen molar-refractivity contribution in [3.05, 3.63) is 70.7 Å². The summed E-state index contributed by atoms with van der Waals surface area (Å²) in [5.41, 5.74) is 2.19. The van der Waals surface area contributed by atoms with Gasteiger partial charge in [-0.15, -0.1) is 0 Å². The summed E-state index contributed by atoms with van der Waals surface area (Å²) in [6.45, 7) is 1.80. The van der Waals surface area contributed by atoms with E-state index in [4.69, 9.17) is 11.6 Å². The molecule has 0 spiro atoms. The molecule has 1 N–H and O–H groups in total. The van der Waals surface area contributed by atoms with Gasteiger partial charge in [-0.05, 0) is 50.6 Å². The first-order valence-corrected chi connectivity index (χ1v) is 11.3. The van der Waals surface area contributed by atoms with Gasteiger partial charge in [-0.3, -0.25) is 9.59 Å². The Balaban J connectivity index is 1.45. The van der Waals surface area contributed by atoms with Gasteiger partial charge in [0.2, 0.25) is 11.8 Å². The summed E-state index contributed by atoms with van der Waals surface area (Å²) in [6.07, 6.45) is 2.69. The molecule has 166 valence electrons. The lowest BCUT2D eigenvalue weighted by Gasteiger charge is -2.32. The molecule has 2 aromatic rings. The number of likely N-dealkylation sites (N-methyl/N-ethyl adjacent to an activating group) is 1. The predicted molar refractivity (Wildman–Crippen MR) is 125 cm³/mol. The minimum Gasteiger partial charge on any atom is -0.354 e. The lowest BCUT2D eigenvalue weighted by molar-refractivity contribution is -0.135. The van der Waals surface area contributed by atoms with E-state index in [1.807, 2.05) is 73.6 Å². The van der Waals surface area contributed by atoms with Crippen LogP contribution < -0.4 is 5.32 Å². The van der Waals surface area contributed by atoms with Crippen LogP contribution in [0.25, 0.3) is 0 Å². The van der Waals surface area contributed by atoms with Crippen LogP contribution in [0.2, 0.25) is 5.02 Å². The number of likely N-dealkylation sites (tertiary alicyclic amines) is 1. The Morgan fingerprint density at radius 2 is 1.71 bits per heavy atom. The molecule has 5 nitrogen and oxygen atoms in total. The summed E-state index contributed by atoms with van der Waals surface area (Å²) < 4.78 is 0. The van der Waals surface area contributed by atoms with Crippen molar-refractivity contribution in [3.63, 3.8) is 0 Å². The normalized spacial score (nSPS) is 15.7. The molecule has 0 bridgehead atoms. The van der Waals surface area contributed by atoms with Crippen LogP contribution in [-0.2, 0) is 16.0 Å². The third kappa shape index (κ3) is 6.55. The fraction of sp³-hybridized carbons (Fsp3) is 0.440. The van der Waals surface area contributed by atoms with Gasteiger partial charge in [-0.25, -0.2) is 0 Å². The summed E-state index contributed by atoms with van der Waals surface area (Å²) in [7, 11) is 3.97. The zero-order valence-corrected chi connectivity index (χ0v) is 19.1. The Morgan fingerprint density at radius 3 is 2.35 bits per heavy atom. The van der Waals surface area contributed by atoms with E-state index in [2.05, 4.69) is 10.2 Å². The second-order valence-electron chi connectivity index (χ2n) is 8.39. The third-order valence-corrected chi connectivity index (χ3v) is 6.39. The number of halogens is 1. The van der Waals surface area contributed by atoms with Crippen molar-refractivity contribution < 1.29 is 9.59 Å². The fourth-order valence-electron chi connectivity index (χ4n) is 4.10. The van der Waals surface area contributed by atoms with Gasteiger partial charge in [0, 0.05) is 37.0 Å². The van der Waals surface area contributed by atoms with E-state index in [1.165, 1.54) is 5.56 Å². The van der Waals surface area contributed by atoms with Crippen molar-refractivity contribution >= 4 is 23.4 Å². The van der Waals surface area contributed by atoms with Crippen molar-refractivity contribution in [3.8, 4) is 0 Å². The first kappa shape index (κ1) is 23.3. The molecule has 1 aliphatic heterocycles. The number of hydrogen-bond donors (Lipinski definition) is 1. The van der Waals surface area contributed by atoms with Gasteiger partial charge >= 0.3 is 0 Å². The Hall–Kier alpha value is -2.37. The largest absolute Gasteiger partial charge is 0.354 e. The maximum Gasteiger partial charge on any atom is 0.223 e. The summed E-state index contributed by atoms with van der Waals surface area (Å²) in [5, 5.41) is 3.81. The van der Waals surface area contributed by atoms with E-state index in [9.17, 15) is 9.59 Å². The van der Waals surface area contributed by atoms with Crippen molar-refractivity contribution in [2.45, 2.75) is 31.7 Å². The van der Waals surface area contributed by atoms with E-state index in [-0.39, 0.29) is 23.8 Å². The SMILES string of the molecule is CN(C)C(CNC(=O)C1CCN(C(=O)CCc2ccccc2)CC1)c1ccccc1Cl. The maximum absolute atomic E-state index is 12.8. The topological polar surface area (TPSA) is 52.7 Å². The monoisotopic (exact) mass is 441 g/mol. The van der Waals surface area contributed by atoms with Gasteiger partial charge in [0.05, 0.1) is 6.04 Å². The van der Waals surface area contributed by atoms with Crippen LogP contribution >= 0.6 is 11.6 Å². The zero-order valence-electron chi connectivity index (χ0n) is 18.4. The molecule has 1 unspecified atom stereocenters. The number of benzene rings is 2. The summed E-state index contributed by atoms with van der Waals surface area (Å²) >= 11 is 6.36. The highest BCUT2D eigenvalue weighted by Gasteiger charge is 2.28. The van der Waals surface area contributed by atoms with Crippen LogP contribution in [0.3, 0.4) is 0 Å². The second-order valence-corrected chi connectivity index (χ2v) is 8.79. The van der Waals surface area contributed by atoms with Gasteiger partial charge in [0.25, 0.3) is 0 Å². The Labute approximate surface area is 190 Å². The molecule has 1 atom stereocenters. The average Bonchev–Trinajstić information content (AvgIpc) is 2.79. The van der Waals surface area contributed by atoms with Crippen molar-refractivity contribution in [1.29, 1.82) is 0 Å². The van der Waals surface area contributed by atoms with E-state index in [0.29, 0.717) is 43.9 Å². The van der Waals surface area contributed by atoms with Gasteiger partial charge in [-0.2, -0.15) is 0 Å². The van der Waals surface area contributed by atoms with Gasteiger partial charge in [-0.1, -0.05) is 60.1 Å². The van der Waals surface area contributed by atoms with Gasteiger partial charge < -0.3 is 15.1 Å². The highest BCUT2D eigenvalue weighted by molar-refractivity contribution is 6.31. The molecule has 0 aliphatic carbocycles. The molecule has 0 aromatic heterocycles. The van der Waals surface area contributed by atoms with E-state index in [1.54, 1.807) is 0 Å². The number of carbonyl (C=O) groups excluding carboxylic acids is 2. The lowest BCUT2D eigenvalue weighted by atomic mass is 9.95. The molecule has 3 rings (SSSR count). The third-order valence-electron chi connectivity index (χ3n) is 6.05. The van der Waals surface area contributed by atoms with Crippen molar-refractivity contribution in [1.82, 2.24) is 15.1 Å². The van der Waals surface area contributed by atoms with Crippen LogP contribution in [0.15, 0.2) is 54.6 Å². The lowest BCUT2D eigenvalue weighted by Crippen LogP contribution is -2.44. The fourth-order valence-corrected chi connectivity index (χ4v) is 4.36. The zero-order chi connectivity index (χ0) is 22.2. The van der Waals surface area contributed by atoms with Crippen LogP contribution in [0.5, 0.6) is 0 Å². The minimum absolute atomic E-state index is 0.0114. The maximum atomic E-state index is 12.8. The number of nitrogens with one attached hydrogen (secondary N) is 1. The van der Waals surface area contributed by atoms with Crippen LogP contribution in [-0.4, -0.2) is 55.3 Å². The summed E-state index contributed by atoms with van der Waals surface area (Å²) in [5.74, 6) is 0.191. The smallest absolute Gasteiger partial charge is 0.223 e. The molecule has 1 aliphatic rings. The molecule has 2 amide bonds. The molecule has 0 radical (unpaired) electrons. The van der Waals surface area contributed by atoms with E-state index < -0.39 is 0 Å². The minimum atomic E-state index is -0.0489. The number of piperidine rings is 1. The van der Waals surface area contributed by atoms with Crippen LogP contribution in [0.4, 0.5) is 0 Å².